The molecule has 0 aliphatic rings. The van der Waals surface area contributed by atoms with Crippen LogP contribution in [0.4, 0.5) is 0 Å². The first-order chi connectivity index (χ1) is 6.83. The van der Waals surface area contributed by atoms with Crippen LogP contribution in [0.5, 0.6) is 0 Å². The van der Waals surface area contributed by atoms with Crippen LogP contribution in [0.25, 0.3) is 0 Å². The molecule has 2 N–H and O–H groups in total. The van der Waals surface area contributed by atoms with E-state index in [-0.39, 0.29) is 6.04 Å². The van der Waals surface area contributed by atoms with Crippen LogP contribution in [0.2, 0.25) is 0 Å². The van der Waals surface area contributed by atoms with Crippen LogP contribution in [-0.4, -0.2) is 0 Å². The molecule has 2 aromatic heterocycles. The van der Waals surface area contributed by atoms with Gasteiger partial charge in [-0.05, 0) is 35.6 Å². The van der Waals surface area contributed by atoms with E-state index in [9.17, 15) is 0 Å². The Morgan fingerprint density at radius 3 is 3.00 bits per heavy atom. The largest absolute Gasteiger partial charge is 0.467 e. The van der Waals surface area contributed by atoms with E-state index in [4.69, 9.17) is 10.2 Å². The molecule has 0 aromatic carbocycles. The zero-order valence-corrected chi connectivity index (χ0v) is 8.88. The fraction of sp³-hybridized carbons (Fsp3) is 0.273. The van der Waals surface area contributed by atoms with Crippen molar-refractivity contribution in [3.63, 3.8) is 0 Å². The SMILES string of the molecule is CCc1ccsc1C(N)c1ccco1. The van der Waals surface area contributed by atoms with Crippen molar-refractivity contribution in [3.8, 4) is 0 Å². The average molecular weight is 207 g/mol. The smallest absolute Gasteiger partial charge is 0.125 e. The van der Waals surface area contributed by atoms with E-state index in [0.29, 0.717) is 0 Å². The molecule has 0 spiro atoms. The monoisotopic (exact) mass is 207 g/mol. The van der Waals surface area contributed by atoms with E-state index >= 15 is 0 Å². The standard InChI is InChI=1S/C11H13NOS/c1-2-8-5-7-14-11(8)10(12)9-4-3-6-13-9/h3-7,10H,2,12H2,1H3. The molecular formula is C11H13NOS. The molecule has 0 radical (unpaired) electrons. The molecule has 0 saturated carbocycles. The quantitative estimate of drug-likeness (QED) is 0.840. The van der Waals surface area contributed by atoms with Gasteiger partial charge in [-0.1, -0.05) is 6.92 Å². The minimum Gasteiger partial charge on any atom is -0.467 e. The maximum Gasteiger partial charge on any atom is 0.125 e. The summed E-state index contributed by atoms with van der Waals surface area (Å²) in [6.45, 7) is 2.14. The lowest BCUT2D eigenvalue weighted by Gasteiger charge is -2.08. The summed E-state index contributed by atoms with van der Waals surface area (Å²) < 4.78 is 5.30. The molecular weight excluding hydrogens is 194 g/mol. The Balaban J connectivity index is 2.31. The lowest BCUT2D eigenvalue weighted by Crippen LogP contribution is -2.10. The van der Waals surface area contributed by atoms with Crippen molar-refractivity contribution in [1.82, 2.24) is 0 Å². The molecule has 1 unspecified atom stereocenters. The molecule has 14 heavy (non-hydrogen) atoms. The first-order valence-corrected chi connectivity index (χ1v) is 5.56. The van der Waals surface area contributed by atoms with Gasteiger partial charge in [0.25, 0.3) is 0 Å². The number of rotatable bonds is 3. The average Bonchev–Trinajstić information content (AvgIpc) is 2.87. The Morgan fingerprint density at radius 2 is 2.36 bits per heavy atom. The van der Waals surface area contributed by atoms with Gasteiger partial charge in [0.1, 0.15) is 5.76 Å². The zero-order valence-electron chi connectivity index (χ0n) is 8.07. The van der Waals surface area contributed by atoms with Gasteiger partial charge in [-0.25, -0.2) is 0 Å². The number of hydrogen-bond acceptors (Lipinski definition) is 3. The van der Waals surface area contributed by atoms with Gasteiger partial charge in [-0.15, -0.1) is 11.3 Å². The van der Waals surface area contributed by atoms with Gasteiger partial charge in [-0.3, -0.25) is 0 Å². The van der Waals surface area contributed by atoms with Gasteiger partial charge in [0, 0.05) is 4.88 Å². The van der Waals surface area contributed by atoms with Crippen molar-refractivity contribution >= 4 is 11.3 Å². The van der Waals surface area contributed by atoms with Crippen molar-refractivity contribution in [2.24, 2.45) is 5.73 Å². The lowest BCUT2D eigenvalue weighted by atomic mass is 10.1. The van der Waals surface area contributed by atoms with Gasteiger partial charge < -0.3 is 10.2 Å². The highest BCUT2D eigenvalue weighted by Gasteiger charge is 2.15. The minimum absolute atomic E-state index is 0.111. The van der Waals surface area contributed by atoms with Crippen molar-refractivity contribution in [2.75, 3.05) is 0 Å². The molecule has 0 fully saturated rings. The summed E-state index contributed by atoms with van der Waals surface area (Å²) in [6, 6.07) is 5.81. The predicted octanol–water partition coefficient (Wildman–Crippen LogP) is 2.95. The third kappa shape index (κ3) is 1.61. The van der Waals surface area contributed by atoms with E-state index in [1.165, 1.54) is 10.4 Å². The van der Waals surface area contributed by atoms with E-state index in [2.05, 4.69) is 18.4 Å². The van der Waals surface area contributed by atoms with Crippen molar-refractivity contribution in [1.29, 1.82) is 0 Å². The number of aryl methyl sites for hydroxylation is 1. The molecule has 0 amide bonds. The normalized spacial score (nSPS) is 13.0. The van der Waals surface area contributed by atoms with Crippen LogP contribution in [0.3, 0.4) is 0 Å². The second-order valence-corrected chi connectivity index (χ2v) is 4.10. The minimum atomic E-state index is -0.111. The maximum atomic E-state index is 6.10. The fourth-order valence-electron chi connectivity index (χ4n) is 1.51. The summed E-state index contributed by atoms with van der Waals surface area (Å²) in [5.41, 5.74) is 7.42. The van der Waals surface area contributed by atoms with Gasteiger partial charge in [0.2, 0.25) is 0 Å². The van der Waals surface area contributed by atoms with E-state index in [1.807, 2.05) is 12.1 Å². The highest BCUT2D eigenvalue weighted by atomic mass is 32.1. The van der Waals surface area contributed by atoms with E-state index in [1.54, 1.807) is 17.6 Å². The van der Waals surface area contributed by atoms with Crippen LogP contribution in [0.1, 0.15) is 29.2 Å². The summed E-state index contributed by atoms with van der Waals surface area (Å²) in [5, 5.41) is 2.08. The summed E-state index contributed by atoms with van der Waals surface area (Å²) >= 11 is 1.70. The topological polar surface area (TPSA) is 39.2 Å². The van der Waals surface area contributed by atoms with E-state index < -0.39 is 0 Å². The number of nitrogens with two attached hydrogens (primary N) is 1. The summed E-state index contributed by atoms with van der Waals surface area (Å²) in [6.07, 6.45) is 2.68. The van der Waals surface area contributed by atoms with Crippen molar-refractivity contribution in [3.05, 3.63) is 46.0 Å². The Hall–Kier alpha value is -1.06. The predicted molar refractivity (Wildman–Crippen MR) is 58.4 cm³/mol. The molecule has 2 nitrogen and oxygen atoms in total. The molecule has 2 rings (SSSR count). The molecule has 2 heterocycles. The molecule has 3 heteroatoms. The van der Waals surface area contributed by atoms with Gasteiger partial charge >= 0.3 is 0 Å². The molecule has 74 valence electrons. The fourth-order valence-corrected chi connectivity index (χ4v) is 2.52. The van der Waals surface area contributed by atoms with E-state index in [0.717, 1.165) is 12.2 Å². The second kappa shape index (κ2) is 3.98. The highest BCUT2D eigenvalue weighted by molar-refractivity contribution is 7.10. The molecule has 2 aromatic rings. The highest BCUT2D eigenvalue weighted by Crippen LogP contribution is 2.28. The number of hydrogen-bond donors (Lipinski definition) is 1. The molecule has 0 aliphatic carbocycles. The first kappa shape index (κ1) is 9.49. The molecule has 1 atom stereocenters. The van der Waals surface area contributed by atoms with Gasteiger partial charge in [-0.2, -0.15) is 0 Å². The van der Waals surface area contributed by atoms with Gasteiger partial charge in [0.15, 0.2) is 0 Å². The number of furan rings is 1. The van der Waals surface area contributed by atoms with Crippen molar-refractivity contribution < 1.29 is 4.42 Å². The van der Waals surface area contributed by atoms with Gasteiger partial charge in [0.05, 0.1) is 12.3 Å². The second-order valence-electron chi connectivity index (χ2n) is 3.16. The summed E-state index contributed by atoms with van der Waals surface area (Å²) in [5.74, 6) is 0.835. The summed E-state index contributed by atoms with van der Waals surface area (Å²) in [7, 11) is 0. The van der Waals surface area contributed by atoms with Crippen LogP contribution in [0.15, 0.2) is 34.3 Å². The molecule has 0 bridgehead atoms. The van der Waals surface area contributed by atoms with Crippen LogP contribution in [0, 0.1) is 0 Å². The third-order valence-electron chi connectivity index (χ3n) is 2.29. The van der Waals surface area contributed by atoms with Crippen molar-refractivity contribution in [2.45, 2.75) is 19.4 Å². The summed E-state index contributed by atoms with van der Waals surface area (Å²) in [4.78, 5) is 1.21. The Morgan fingerprint density at radius 1 is 1.50 bits per heavy atom. The molecule has 0 saturated heterocycles. The Labute approximate surface area is 87.4 Å². The zero-order chi connectivity index (χ0) is 9.97. The number of thiophene rings is 1. The van der Waals surface area contributed by atoms with Crippen LogP contribution in [-0.2, 0) is 6.42 Å². The maximum absolute atomic E-state index is 6.10. The molecule has 0 aliphatic heterocycles. The third-order valence-corrected chi connectivity index (χ3v) is 3.34. The van der Waals surface area contributed by atoms with Crippen LogP contribution >= 0.6 is 11.3 Å². The Bertz CT molecular complexity index is 391. The lowest BCUT2D eigenvalue weighted by molar-refractivity contribution is 0.491. The Kier molecular flexibility index (Phi) is 2.70. The first-order valence-electron chi connectivity index (χ1n) is 4.68. The van der Waals surface area contributed by atoms with Crippen LogP contribution < -0.4 is 5.73 Å².